The Morgan fingerprint density at radius 2 is 2.33 bits per heavy atom. The molecule has 1 fully saturated rings. The Hall–Kier alpha value is -1.07. The van der Waals surface area contributed by atoms with Crippen molar-refractivity contribution in [1.82, 2.24) is 5.32 Å². The fourth-order valence-corrected chi connectivity index (χ4v) is 3.52. The maximum absolute atomic E-state index is 11.3. The second kappa shape index (κ2) is 7.80. The van der Waals surface area contributed by atoms with Crippen molar-refractivity contribution in [2.45, 2.75) is 26.2 Å². The van der Waals surface area contributed by atoms with Crippen molar-refractivity contribution in [2.24, 2.45) is 11.7 Å². The zero-order valence-electron chi connectivity index (χ0n) is 12.6. The fraction of sp³-hybridized carbons (Fsp3) is 0.562. The number of nitrogens with one attached hydrogen (secondary N) is 1. The minimum atomic E-state index is -0.388. The van der Waals surface area contributed by atoms with Gasteiger partial charge in [-0.3, -0.25) is 4.79 Å². The van der Waals surface area contributed by atoms with Crippen molar-refractivity contribution < 1.29 is 4.79 Å². The van der Waals surface area contributed by atoms with Gasteiger partial charge in [-0.1, -0.05) is 6.92 Å². The van der Waals surface area contributed by atoms with E-state index >= 15 is 0 Å². The van der Waals surface area contributed by atoms with Crippen LogP contribution in [-0.2, 0) is 0 Å². The van der Waals surface area contributed by atoms with Gasteiger partial charge in [-0.05, 0) is 72.4 Å². The Kier molecular flexibility index (Phi) is 6.06. The van der Waals surface area contributed by atoms with Gasteiger partial charge in [-0.15, -0.1) is 0 Å². The number of piperidine rings is 1. The number of benzene rings is 1. The van der Waals surface area contributed by atoms with E-state index in [2.05, 4.69) is 33.1 Å². The van der Waals surface area contributed by atoms with Crippen LogP contribution in [0.2, 0.25) is 0 Å². The van der Waals surface area contributed by atoms with Gasteiger partial charge in [0.25, 0.3) is 0 Å². The topological polar surface area (TPSA) is 58.4 Å². The lowest BCUT2D eigenvalue weighted by Crippen LogP contribution is -2.38. The molecular formula is C16H24BrN3O. The maximum atomic E-state index is 11.3. The highest BCUT2D eigenvalue weighted by molar-refractivity contribution is 9.10. The molecule has 2 rings (SSSR count). The van der Waals surface area contributed by atoms with E-state index in [1.165, 1.54) is 12.8 Å². The van der Waals surface area contributed by atoms with Crippen LogP contribution in [0.5, 0.6) is 0 Å². The molecule has 1 saturated heterocycles. The van der Waals surface area contributed by atoms with Crippen LogP contribution < -0.4 is 16.0 Å². The lowest BCUT2D eigenvalue weighted by Gasteiger charge is -2.32. The lowest BCUT2D eigenvalue weighted by atomic mass is 9.98. The van der Waals surface area contributed by atoms with Gasteiger partial charge < -0.3 is 16.0 Å². The molecule has 0 spiro atoms. The number of anilines is 1. The number of rotatable bonds is 6. The summed E-state index contributed by atoms with van der Waals surface area (Å²) in [4.78, 5) is 13.7. The largest absolute Gasteiger partial charge is 0.370 e. The summed E-state index contributed by atoms with van der Waals surface area (Å²) in [7, 11) is 0. The van der Waals surface area contributed by atoms with Crippen LogP contribution in [0.1, 0.15) is 36.5 Å². The van der Waals surface area contributed by atoms with Crippen molar-refractivity contribution >= 4 is 27.5 Å². The molecule has 5 heteroatoms. The highest BCUT2D eigenvalue weighted by atomic mass is 79.9. The molecule has 1 atom stereocenters. The number of nitrogens with two attached hydrogens (primary N) is 1. The zero-order chi connectivity index (χ0) is 15.2. The highest BCUT2D eigenvalue weighted by Gasteiger charge is 2.18. The van der Waals surface area contributed by atoms with Gasteiger partial charge in [0.2, 0.25) is 5.91 Å². The zero-order valence-corrected chi connectivity index (χ0v) is 14.2. The first-order chi connectivity index (χ1) is 10.1. The first kappa shape index (κ1) is 16.3. The van der Waals surface area contributed by atoms with E-state index in [4.69, 9.17) is 5.73 Å². The van der Waals surface area contributed by atoms with E-state index in [1.54, 1.807) is 0 Å². The summed E-state index contributed by atoms with van der Waals surface area (Å²) in [5.41, 5.74) is 7.02. The maximum Gasteiger partial charge on any atom is 0.248 e. The standard InChI is InChI=1S/C16H24BrN3O/c1-2-8-20(11-12-4-3-7-19-10-12)15-6-5-13(16(18)21)9-14(15)17/h5-6,9,12,19H,2-4,7-8,10-11H2,1H3,(H2,18,21). The Morgan fingerprint density at radius 1 is 1.52 bits per heavy atom. The molecule has 1 aromatic carbocycles. The first-order valence-electron chi connectivity index (χ1n) is 7.66. The summed E-state index contributed by atoms with van der Waals surface area (Å²) in [6.45, 7) is 6.50. The minimum absolute atomic E-state index is 0.388. The van der Waals surface area contributed by atoms with Crippen LogP contribution in [0.3, 0.4) is 0 Å². The Labute approximate surface area is 135 Å². The number of hydrogen-bond acceptors (Lipinski definition) is 3. The Balaban J connectivity index is 2.14. The summed E-state index contributed by atoms with van der Waals surface area (Å²) in [5.74, 6) is 0.300. The molecule has 1 amide bonds. The van der Waals surface area contributed by atoms with E-state index in [9.17, 15) is 4.79 Å². The molecule has 0 aliphatic carbocycles. The van der Waals surface area contributed by atoms with Crippen LogP contribution in [0.25, 0.3) is 0 Å². The van der Waals surface area contributed by atoms with E-state index in [-0.39, 0.29) is 5.91 Å². The second-order valence-electron chi connectivity index (χ2n) is 5.69. The van der Waals surface area contributed by atoms with Crippen LogP contribution in [0.15, 0.2) is 22.7 Å². The van der Waals surface area contributed by atoms with Gasteiger partial charge in [-0.25, -0.2) is 0 Å². The average molecular weight is 354 g/mol. The molecule has 0 bridgehead atoms. The average Bonchev–Trinajstić information content (AvgIpc) is 2.48. The first-order valence-corrected chi connectivity index (χ1v) is 8.46. The molecule has 1 aliphatic heterocycles. The summed E-state index contributed by atoms with van der Waals surface area (Å²) in [5, 5.41) is 3.47. The quantitative estimate of drug-likeness (QED) is 0.826. The predicted octanol–water partition coefficient (Wildman–Crippen LogP) is 2.76. The number of carbonyl (C=O) groups excluding carboxylic acids is 1. The monoisotopic (exact) mass is 353 g/mol. The normalized spacial score (nSPS) is 18.5. The predicted molar refractivity (Wildman–Crippen MR) is 90.8 cm³/mol. The number of carbonyl (C=O) groups is 1. The fourth-order valence-electron chi connectivity index (χ4n) is 2.89. The van der Waals surface area contributed by atoms with E-state index in [0.717, 1.165) is 42.8 Å². The summed E-state index contributed by atoms with van der Waals surface area (Å²) >= 11 is 3.59. The van der Waals surface area contributed by atoms with E-state index in [0.29, 0.717) is 11.5 Å². The van der Waals surface area contributed by atoms with Crippen LogP contribution in [0.4, 0.5) is 5.69 Å². The molecule has 21 heavy (non-hydrogen) atoms. The SMILES string of the molecule is CCCN(CC1CCCNC1)c1ccc(C(N)=O)cc1Br. The van der Waals surface area contributed by atoms with Gasteiger partial charge in [0.05, 0.1) is 5.69 Å². The molecule has 0 saturated carbocycles. The number of primary amides is 1. The van der Waals surface area contributed by atoms with Gasteiger partial charge in [-0.2, -0.15) is 0 Å². The van der Waals surface area contributed by atoms with Crippen LogP contribution in [0, 0.1) is 5.92 Å². The van der Waals surface area contributed by atoms with E-state index < -0.39 is 0 Å². The third-order valence-electron chi connectivity index (χ3n) is 3.94. The number of nitrogens with zero attached hydrogens (tertiary/aromatic N) is 1. The molecule has 1 aromatic rings. The molecule has 1 heterocycles. The molecule has 0 aromatic heterocycles. The van der Waals surface area contributed by atoms with Crippen molar-refractivity contribution in [3.8, 4) is 0 Å². The second-order valence-corrected chi connectivity index (χ2v) is 6.54. The molecule has 0 radical (unpaired) electrons. The van der Waals surface area contributed by atoms with Crippen LogP contribution >= 0.6 is 15.9 Å². The molecule has 1 aliphatic rings. The van der Waals surface area contributed by atoms with Crippen molar-refractivity contribution in [2.75, 3.05) is 31.1 Å². The molecule has 1 unspecified atom stereocenters. The van der Waals surface area contributed by atoms with Crippen molar-refractivity contribution in [3.05, 3.63) is 28.2 Å². The summed E-state index contributed by atoms with van der Waals surface area (Å²) in [6.07, 6.45) is 3.64. The summed E-state index contributed by atoms with van der Waals surface area (Å²) < 4.78 is 0.941. The molecular weight excluding hydrogens is 330 g/mol. The molecule has 3 N–H and O–H groups in total. The van der Waals surface area contributed by atoms with E-state index in [1.807, 2.05) is 18.2 Å². The smallest absolute Gasteiger partial charge is 0.248 e. The molecule has 116 valence electrons. The van der Waals surface area contributed by atoms with Gasteiger partial charge in [0.15, 0.2) is 0 Å². The van der Waals surface area contributed by atoms with Gasteiger partial charge >= 0.3 is 0 Å². The Morgan fingerprint density at radius 3 is 2.90 bits per heavy atom. The Bertz CT molecular complexity index is 486. The summed E-state index contributed by atoms with van der Waals surface area (Å²) in [6, 6.07) is 5.62. The third-order valence-corrected chi connectivity index (χ3v) is 4.58. The third kappa shape index (κ3) is 4.45. The van der Waals surface area contributed by atoms with Gasteiger partial charge in [0, 0.05) is 23.1 Å². The van der Waals surface area contributed by atoms with Crippen molar-refractivity contribution in [3.63, 3.8) is 0 Å². The number of halogens is 1. The van der Waals surface area contributed by atoms with Crippen LogP contribution in [-0.4, -0.2) is 32.1 Å². The van der Waals surface area contributed by atoms with Gasteiger partial charge in [0.1, 0.15) is 0 Å². The number of amides is 1. The molecule has 4 nitrogen and oxygen atoms in total. The lowest BCUT2D eigenvalue weighted by molar-refractivity contribution is 0.100. The minimum Gasteiger partial charge on any atom is -0.370 e. The number of hydrogen-bond donors (Lipinski definition) is 2. The van der Waals surface area contributed by atoms with Crippen molar-refractivity contribution in [1.29, 1.82) is 0 Å². The highest BCUT2D eigenvalue weighted by Crippen LogP contribution is 2.29.